The second-order valence-corrected chi connectivity index (χ2v) is 3.91. The minimum Gasteiger partial charge on any atom is -0.238 e. The van der Waals surface area contributed by atoms with E-state index in [1.807, 2.05) is 6.92 Å². The van der Waals surface area contributed by atoms with Gasteiger partial charge in [-0.05, 0) is 32.6 Å². The van der Waals surface area contributed by atoms with Gasteiger partial charge in [0.1, 0.15) is 11.0 Å². The highest BCUT2D eigenvalue weighted by Gasteiger charge is 2.13. The van der Waals surface area contributed by atoms with Crippen LogP contribution in [0.4, 0.5) is 0 Å². The fraction of sp³-hybridized carbons (Fsp3) is 0.600. The van der Waals surface area contributed by atoms with Gasteiger partial charge in [-0.1, -0.05) is 18.0 Å². The van der Waals surface area contributed by atoms with Crippen LogP contribution in [0.15, 0.2) is 0 Å². The molecule has 0 saturated heterocycles. The average molecular weight is 197 g/mol. The van der Waals surface area contributed by atoms with Crippen molar-refractivity contribution >= 4 is 11.6 Å². The summed E-state index contributed by atoms with van der Waals surface area (Å²) in [5, 5.41) is 0.671. The normalized spacial score (nSPS) is 16.5. The van der Waals surface area contributed by atoms with Crippen LogP contribution in [0.25, 0.3) is 0 Å². The maximum Gasteiger partial charge on any atom is 0.136 e. The van der Waals surface area contributed by atoms with E-state index in [-0.39, 0.29) is 0 Å². The van der Waals surface area contributed by atoms with E-state index in [1.54, 1.807) is 0 Å². The molecule has 2 rings (SSSR count). The molecule has 0 spiro atoms. The molecule has 1 aliphatic carbocycles. The molecule has 13 heavy (non-hydrogen) atoms. The molecule has 2 nitrogen and oxygen atoms in total. The van der Waals surface area contributed by atoms with Gasteiger partial charge in [-0.2, -0.15) is 0 Å². The Bertz CT molecular complexity index is 323. The maximum atomic E-state index is 6.07. The molecule has 0 bridgehead atoms. The van der Waals surface area contributed by atoms with Gasteiger partial charge in [0, 0.05) is 11.3 Å². The topological polar surface area (TPSA) is 25.8 Å². The van der Waals surface area contributed by atoms with Crippen LogP contribution in [0, 0.1) is 6.92 Å². The first-order chi connectivity index (χ1) is 6.27. The van der Waals surface area contributed by atoms with Crippen molar-refractivity contribution in [1.29, 1.82) is 0 Å². The van der Waals surface area contributed by atoms with Crippen molar-refractivity contribution < 1.29 is 0 Å². The van der Waals surface area contributed by atoms with E-state index in [1.165, 1.54) is 30.5 Å². The molecule has 0 aliphatic heterocycles. The highest BCUT2D eigenvalue weighted by molar-refractivity contribution is 6.30. The van der Waals surface area contributed by atoms with Gasteiger partial charge in [-0.25, -0.2) is 9.97 Å². The molecule has 0 unspecified atom stereocenters. The van der Waals surface area contributed by atoms with E-state index >= 15 is 0 Å². The van der Waals surface area contributed by atoms with Crippen molar-refractivity contribution in [3.05, 3.63) is 22.2 Å². The van der Waals surface area contributed by atoms with Crippen molar-refractivity contribution in [2.45, 2.75) is 39.0 Å². The summed E-state index contributed by atoms with van der Waals surface area (Å²) in [6.45, 7) is 1.90. The van der Waals surface area contributed by atoms with Crippen molar-refractivity contribution in [1.82, 2.24) is 9.97 Å². The van der Waals surface area contributed by atoms with Crippen molar-refractivity contribution in [2.75, 3.05) is 0 Å². The minimum absolute atomic E-state index is 0.671. The Morgan fingerprint density at radius 1 is 1.08 bits per heavy atom. The molecule has 1 aliphatic rings. The van der Waals surface area contributed by atoms with Gasteiger partial charge < -0.3 is 0 Å². The molecular formula is C10H13ClN2. The summed E-state index contributed by atoms with van der Waals surface area (Å²) in [7, 11) is 0. The molecule has 1 aromatic rings. The molecular weight excluding hydrogens is 184 g/mol. The van der Waals surface area contributed by atoms with Crippen molar-refractivity contribution in [2.24, 2.45) is 0 Å². The predicted octanol–water partition coefficient (Wildman–Crippen LogP) is 2.71. The lowest BCUT2D eigenvalue weighted by Crippen LogP contribution is -2.01. The number of aryl methyl sites for hydroxylation is 2. The first kappa shape index (κ1) is 8.95. The summed E-state index contributed by atoms with van der Waals surface area (Å²) >= 11 is 6.07. The Kier molecular flexibility index (Phi) is 2.49. The van der Waals surface area contributed by atoms with Crippen LogP contribution in [-0.4, -0.2) is 9.97 Å². The summed E-state index contributed by atoms with van der Waals surface area (Å²) in [5.74, 6) is 0.797. The Labute approximate surface area is 83.4 Å². The molecule has 0 amide bonds. The van der Waals surface area contributed by atoms with Gasteiger partial charge in [0.05, 0.1) is 0 Å². The summed E-state index contributed by atoms with van der Waals surface area (Å²) in [4.78, 5) is 8.62. The molecule has 3 heteroatoms. The minimum atomic E-state index is 0.671. The fourth-order valence-electron chi connectivity index (χ4n) is 1.84. The van der Waals surface area contributed by atoms with Crippen LogP contribution >= 0.6 is 11.6 Å². The summed E-state index contributed by atoms with van der Waals surface area (Å²) in [6.07, 6.45) is 5.86. The second-order valence-electron chi connectivity index (χ2n) is 3.55. The zero-order valence-corrected chi connectivity index (χ0v) is 8.56. The van der Waals surface area contributed by atoms with Crippen LogP contribution in [0.5, 0.6) is 0 Å². The highest BCUT2D eigenvalue weighted by Crippen LogP contribution is 2.24. The van der Waals surface area contributed by atoms with E-state index in [9.17, 15) is 0 Å². The van der Waals surface area contributed by atoms with E-state index < -0.39 is 0 Å². The van der Waals surface area contributed by atoms with E-state index in [0.29, 0.717) is 5.15 Å². The van der Waals surface area contributed by atoms with Gasteiger partial charge in [0.25, 0.3) is 0 Å². The quantitative estimate of drug-likeness (QED) is 0.471. The largest absolute Gasteiger partial charge is 0.238 e. The van der Waals surface area contributed by atoms with Gasteiger partial charge in [-0.3, -0.25) is 0 Å². The van der Waals surface area contributed by atoms with E-state index in [0.717, 1.165) is 18.7 Å². The molecule has 0 saturated carbocycles. The smallest absolute Gasteiger partial charge is 0.136 e. The first-order valence-corrected chi connectivity index (χ1v) is 5.17. The lowest BCUT2D eigenvalue weighted by atomic mass is 10.1. The lowest BCUT2D eigenvalue weighted by Gasteiger charge is -2.06. The maximum absolute atomic E-state index is 6.07. The zero-order valence-electron chi connectivity index (χ0n) is 7.81. The fourth-order valence-corrected chi connectivity index (χ4v) is 2.17. The van der Waals surface area contributed by atoms with Crippen molar-refractivity contribution in [3.63, 3.8) is 0 Å². The number of rotatable bonds is 0. The Morgan fingerprint density at radius 2 is 1.85 bits per heavy atom. The molecule has 0 N–H and O–H groups in total. The van der Waals surface area contributed by atoms with Crippen LogP contribution in [0.1, 0.15) is 36.3 Å². The molecule has 0 atom stereocenters. The molecule has 70 valence electrons. The second kappa shape index (κ2) is 3.62. The van der Waals surface area contributed by atoms with Gasteiger partial charge >= 0.3 is 0 Å². The number of hydrogen-bond acceptors (Lipinski definition) is 2. The third-order valence-electron chi connectivity index (χ3n) is 2.49. The molecule has 0 fully saturated rings. The van der Waals surface area contributed by atoms with E-state index in [2.05, 4.69) is 9.97 Å². The zero-order chi connectivity index (χ0) is 9.26. The average Bonchev–Trinajstić information content (AvgIpc) is 2.28. The van der Waals surface area contributed by atoms with E-state index in [4.69, 9.17) is 11.6 Å². The van der Waals surface area contributed by atoms with Gasteiger partial charge in [0.15, 0.2) is 0 Å². The number of nitrogens with zero attached hydrogens (tertiary/aromatic N) is 2. The SMILES string of the molecule is Cc1nc(Cl)c2c(n1)CCCCC2. The van der Waals surface area contributed by atoms with Crippen LogP contribution in [0.2, 0.25) is 5.15 Å². The standard InChI is InChI=1S/C10H13ClN2/c1-7-12-9-6-4-2-3-5-8(9)10(11)13-7/h2-6H2,1H3. The van der Waals surface area contributed by atoms with Gasteiger partial charge in [-0.15, -0.1) is 0 Å². The Morgan fingerprint density at radius 3 is 2.69 bits per heavy atom. The van der Waals surface area contributed by atoms with Crippen LogP contribution in [-0.2, 0) is 12.8 Å². The number of hydrogen-bond donors (Lipinski definition) is 0. The van der Waals surface area contributed by atoms with Crippen molar-refractivity contribution in [3.8, 4) is 0 Å². The van der Waals surface area contributed by atoms with Gasteiger partial charge in [0.2, 0.25) is 0 Å². The summed E-state index contributed by atoms with van der Waals surface area (Å²) in [6, 6.07) is 0. The lowest BCUT2D eigenvalue weighted by molar-refractivity contribution is 0.708. The number of aromatic nitrogens is 2. The predicted molar refractivity (Wildman–Crippen MR) is 53.0 cm³/mol. The summed E-state index contributed by atoms with van der Waals surface area (Å²) < 4.78 is 0. The Balaban J connectivity index is 2.47. The molecule has 0 radical (unpaired) electrons. The Hall–Kier alpha value is -0.630. The third-order valence-corrected chi connectivity index (χ3v) is 2.81. The third kappa shape index (κ3) is 1.83. The first-order valence-electron chi connectivity index (χ1n) is 4.79. The van der Waals surface area contributed by atoms with Crippen LogP contribution < -0.4 is 0 Å². The van der Waals surface area contributed by atoms with Crippen LogP contribution in [0.3, 0.4) is 0 Å². The highest BCUT2D eigenvalue weighted by atomic mass is 35.5. The molecule has 0 aromatic carbocycles. The number of halogens is 1. The number of fused-ring (bicyclic) bond motifs is 1. The monoisotopic (exact) mass is 196 g/mol. The molecule has 1 heterocycles. The summed E-state index contributed by atoms with van der Waals surface area (Å²) in [5.41, 5.74) is 2.36. The molecule has 1 aromatic heterocycles.